The zero-order valence-corrected chi connectivity index (χ0v) is 19.2. The fraction of sp³-hybridized carbons (Fsp3) is 0.480. The van der Waals surface area contributed by atoms with Gasteiger partial charge in [0.1, 0.15) is 11.5 Å². The number of carbonyl (C=O) groups excluding carboxylic acids is 1. The Morgan fingerprint density at radius 2 is 1.53 bits per heavy atom. The molecule has 0 heterocycles. The molecule has 1 unspecified atom stereocenters. The Bertz CT molecular complexity index is 812. The summed E-state index contributed by atoms with van der Waals surface area (Å²) in [5, 5.41) is 0. The molecule has 1 atom stereocenters. The zero-order chi connectivity index (χ0) is 22.3. The molecule has 5 heteroatoms. The molecule has 0 aliphatic carbocycles. The molecule has 2 aromatic rings. The van der Waals surface area contributed by atoms with Crippen molar-refractivity contribution in [1.82, 2.24) is 0 Å². The van der Waals surface area contributed by atoms with E-state index in [-0.39, 0.29) is 0 Å². The summed E-state index contributed by atoms with van der Waals surface area (Å²) in [5.74, 6) is 1.10. The fourth-order valence-corrected chi connectivity index (χ4v) is 3.21. The first kappa shape index (κ1) is 23.9. The first-order chi connectivity index (χ1) is 14.2. The van der Waals surface area contributed by atoms with Crippen LogP contribution in [0.5, 0.6) is 11.5 Å². The maximum Gasteiger partial charge on any atom is 0.355 e. The van der Waals surface area contributed by atoms with E-state index in [1.165, 1.54) is 5.56 Å². The summed E-state index contributed by atoms with van der Waals surface area (Å²) in [4.78, 5) is 12.9. The van der Waals surface area contributed by atoms with Crippen molar-refractivity contribution in [1.29, 1.82) is 0 Å². The summed E-state index contributed by atoms with van der Waals surface area (Å²) in [6.07, 6.45) is 1.06. The van der Waals surface area contributed by atoms with E-state index in [1.54, 1.807) is 28.1 Å². The number of esters is 1. The van der Waals surface area contributed by atoms with Gasteiger partial charge in [-0.2, -0.15) is 0 Å². The van der Waals surface area contributed by atoms with Gasteiger partial charge in [0, 0.05) is 25.3 Å². The molecule has 0 N–H and O–H groups in total. The van der Waals surface area contributed by atoms with Crippen LogP contribution in [-0.4, -0.2) is 25.8 Å². The average molecular weight is 415 g/mol. The van der Waals surface area contributed by atoms with Crippen LogP contribution in [0, 0.1) is 6.92 Å². The largest absolute Gasteiger partial charge is 0.475 e. The van der Waals surface area contributed by atoms with Gasteiger partial charge in [0.05, 0.1) is 13.2 Å². The summed E-state index contributed by atoms with van der Waals surface area (Å²) in [6, 6.07) is 11.6. The van der Waals surface area contributed by atoms with Gasteiger partial charge < -0.3 is 18.9 Å². The van der Waals surface area contributed by atoms with Crippen LogP contribution in [-0.2, 0) is 27.5 Å². The van der Waals surface area contributed by atoms with Crippen molar-refractivity contribution < 1.29 is 23.7 Å². The van der Waals surface area contributed by atoms with E-state index in [4.69, 9.17) is 18.9 Å². The lowest BCUT2D eigenvalue weighted by Crippen LogP contribution is -2.42. The number of aryl methyl sites for hydroxylation is 1. The van der Waals surface area contributed by atoms with Gasteiger partial charge in [-0.15, -0.1) is 0 Å². The van der Waals surface area contributed by atoms with E-state index in [9.17, 15) is 4.79 Å². The SMILES string of the molecule is CCC(C)c1ccc(OC(=O)C(C)(C)Oc2c(COC)cc(C)cc2COC)cc1. The number of carbonyl (C=O) groups is 1. The number of hydrogen-bond acceptors (Lipinski definition) is 5. The predicted octanol–water partition coefficient (Wildman–Crippen LogP) is 5.56. The molecule has 30 heavy (non-hydrogen) atoms. The second kappa shape index (κ2) is 10.6. The molecule has 2 rings (SSSR count). The number of hydrogen-bond donors (Lipinski definition) is 0. The van der Waals surface area contributed by atoms with E-state index in [1.807, 2.05) is 43.3 Å². The Morgan fingerprint density at radius 3 is 2.00 bits per heavy atom. The minimum atomic E-state index is -1.20. The second-order valence-electron chi connectivity index (χ2n) is 8.16. The van der Waals surface area contributed by atoms with Crippen LogP contribution >= 0.6 is 0 Å². The number of ether oxygens (including phenoxy) is 4. The lowest BCUT2D eigenvalue weighted by Gasteiger charge is -2.27. The average Bonchev–Trinajstić information content (AvgIpc) is 2.70. The molecular weight excluding hydrogens is 380 g/mol. The van der Waals surface area contributed by atoms with Crippen LogP contribution < -0.4 is 9.47 Å². The Kier molecular flexibility index (Phi) is 8.44. The van der Waals surface area contributed by atoms with Gasteiger partial charge in [-0.05, 0) is 50.8 Å². The maximum atomic E-state index is 12.9. The third-order valence-electron chi connectivity index (χ3n) is 5.11. The smallest absolute Gasteiger partial charge is 0.355 e. The van der Waals surface area contributed by atoms with E-state index in [0.717, 1.165) is 23.1 Å². The van der Waals surface area contributed by atoms with Crippen molar-refractivity contribution in [2.24, 2.45) is 0 Å². The molecule has 0 bridgehead atoms. The van der Waals surface area contributed by atoms with Crippen molar-refractivity contribution in [2.45, 2.75) is 65.8 Å². The van der Waals surface area contributed by atoms with Crippen LogP contribution in [0.25, 0.3) is 0 Å². The maximum absolute atomic E-state index is 12.9. The second-order valence-corrected chi connectivity index (χ2v) is 8.16. The third-order valence-corrected chi connectivity index (χ3v) is 5.11. The first-order valence-corrected chi connectivity index (χ1v) is 10.3. The number of benzene rings is 2. The summed E-state index contributed by atoms with van der Waals surface area (Å²) in [5.41, 5.74) is 2.83. The van der Waals surface area contributed by atoms with Crippen molar-refractivity contribution in [3.8, 4) is 11.5 Å². The molecule has 2 aromatic carbocycles. The van der Waals surface area contributed by atoms with E-state index < -0.39 is 11.6 Å². The van der Waals surface area contributed by atoms with Crippen molar-refractivity contribution in [2.75, 3.05) is 14.2 Å². The molecule has 164 valence electrons. The van der Waals surface area contributed by atoms with Gasteiger partial charge in [0.15, 0.2) is 0 Å². The molecule has 0 aromatic heterocycles. The molecule has 0 spiro atoms. The van der Waals surface area contributed by atoms with Crippen LogP contribution in [0.2, 0.25) is 0 Å². The van der Waals surface area contributed by atoms with Crippen molar-refractivity contribution in [3.05, 3.63) is 58.7 Å². The van der Waals surface area contributed by atoms with Crippen molar-refractivity contribution >= 4 is 5.97 Å². The van der Waals surface area contributed by atoms with Crippen molar-refractivity contribution in [3.63, 3.8) is 0 Å². The lowest BCUT2D eigenvalue weighted by molar-refractivity contribution is -0.149. The van der Waals surface area contributed by atoms with E-state index in [2.05, 4.69) is 13.8 Å². The highest BCUT2D eigenvalue weighted by atomic mass is 16.6. The highest BCUT2D eigenvalue weighted by molar-refractivity contribution is 5.81. The zero-order valence-electron chi connectivity index (χ0n) is 19.2. The van der Waals surface area contributed by atoms with Crippen LogP contribution in [0.15, 0.2) is 36.4 Å². The van der Waals surface area contributed by atoms with Gasteiger partial charge in [0.25, 0.3) is 0 Å². The highest BCUT2D eigenvalue weighted by Crippen LogP contribution is 2.32. The molecule has 5 nitrogen and oxygen atoms in total. The van der Waals surface area contributed by atoms with Crippen LogP contribution in [0.1, 0.15) is 62.3 Å². The summed E-state index contributed by atoms with van der Waals surface area (Å²) in [7, 11) is 3.26. The van der Waals surface area contributed by atoms with Crippen LogP contribution in [0.3, 0.4) is 0 Å². The fourth-order valence-electron chi connectivity index (χ4n) is 3.21. The van der Waals surface area contributed by atoms with E-state index >= 15 is 0 Å². The molecule has 0 aliphatic rings. The lowest BCUT2D eigenvalue weighted by atomic mass is 9.99. The summed E-state index contributed by atoms with van der Waals surface area (Å²) < 4.78 is 22.5. The topological polar surface area (TPSA) is 54.0 Å². The predicted molar refractivity (Wildman–Crippen MR) is 118 cm³/mol. The standard InChI is InChI=1S/C25H34O5/c1-8-18(3)19-9-11-22(12-10-19)29-24(26)25(4,5)30-23-20(15-27-6)13-17(2)14-21(23)16-28-7/h9-14,18H,8,15-16H2,1-7H3. The summed E-state index contributed by atoms with van der Waals surface area (Å²) >= 11 is 0. The molecule has 0 saturated heterocycles. The molecule has 0 aliphatic heterocycles. The monoisotopic (exact) mass is 414 g/mol. The minimum absolute atomic E-state index is 0.371. The van der Waals surface area contributed by atoms with Gasteiger partial charge in [-0.1, -0.05) is 43.7 Å². The Hall–Kier alpha value is -2.37. The first-order valence-electron chi connectivity index (χ1n) is 10.3. The highest BCUT2D eigenvalue weighted by Gasteiger charge is 2.34. The molecule has 0 saturated carbocycles. The minimum Gasteiger partial charge on any atom is -0.475 e. The Labute approximate surface area is 180 Å². The third kappa shape index (κ3) is 6.07. The summed E-state index contributed by atoms with van der Waals surface area (Å²) in [6.45, 7) is 10.5. The van der Waals surface area contributed by atoms with Gasteiger partial charge >= 0.3 is 5.97 Å². The van der Waals surface area contributed by atoms with Crippen LogP contribution in [0.4, 0.5) is 0 Å². The molecule has 0 fully saturated rings. The molecule has 0 radical (unpaired) electrons. The van der Waals surface area contributed by atoms with Gasteiger partial charge in [-0.3, -0.25) is 0 Å². The van der Waals surface area contributed by atoms with Gasteiger partial charge in [0.2, 0.25) is 5.60 Å². The molecule has 0 amide bonds. The number of methoxy groups -OCH3 is 2. The quantitative estimate of drug-likeness (QED) is 0.376. The number of rotatable bonds is 10. The van der Waals surface area contributed by atoms with E-state index in [0.29, 0.717) is 30.6 Å². The normalized spacial score (nSPS) is 12.5. The molecular formula is C25H34O5. The Balaban J connectivity index is 2.23. The van der Waals surface area contributed by atoms with Gasteiger partial charge in [-0.25, -0.2) is 4.79 Å². The Morgan fingerprint density at radius 1 is 1.00 bits per heavy atom.